The van der Waals surface area contributed by atoms with Crippen LogP contribution in [0.15, 0.2) is 11.0 Å². The summed E-state index contributed by atoms with van der Waals surface area (Å²) in [6.07, 6.45) is 18.6. The highest BCUT2D eigenvalue weighted by molar-refractivity contribution is 8.04. The Kier molecular flexibility index (Phi) is 15.1. The molecule has 2 rings (SSSR count). The van der Waals surface area contributed by atoms with Gasteiger partial charge >= 0.3 is 5.97 Å². The summed E-state index contributed by atoms with van der Waals surface area (Å²) in [5.74, 6) is 1.01. The minimum atomic E-state index is -0.155. The van der Waals surface area contributed by atoms with Gasteiger partial charge in [0.2, 0.25) is 0 Å². The minimum Gasteiger partial charge on any atom is -0.466 e. The largest absolute Gasteiger partial charge is 0.466 e. The second kappa shape index (κ2) is 17.6. The third-order valence-electron chi connectivity index (χ3n) is 6.01. The van der Waals surface area contributed by atoms with E-state index in [9.17, 15) is 9.59 Å². The predicted octanol–water partition coefficient (Wildman–Crippen LogP) is 6.73. The Morgan fingerprint density at radius 1 is 1.03 bits per heavy atom. The van der Waals surface area contributed by atoms with Gasteiger partial charge < -0.3 is 14.2 Å². The zero-order valence-electron chi connectivity index (χ0n) is 20.1. The summed E-state index contributed by atoms with van der Waals surface area (Å²) in [5.41, 5.74) is 0. The molecule has 0 aromatic heterocycles. The molecule has 0 bridgehead atoms. The van der Waals surface area contributed by atoms with E-state index in [1.165, 1.54) is 38.5 Å². The summed E-state index contributed by atoms with van der Waals surface area (Å²) in [7, 11) is 0. The van der Waals surface area contributed by atoms with E-state index in [4.69, 9.17) is 14.2 Å². The SMILES string of the molecule is CCCCCCCCCCOC(=O)CCCCCSC1=CC(OC2CCCCO2)CC1=O. The van der Waals surface area contributed by atoms with Crippen molar-refractivity contribution in [3.63, 3.8) is 0 Å². The van der Waals surface area contributed by atoms with Crippen molar-refractivity contribution in [3.05, 3.63) is 11.0 Å². The number of allylic oxidation sites excluding steroid dienone is 1. The van der Waals surface area contributed by atoms with Crippen LogP contribution >= 0.6 is 11.8 Å². The third-order valence-corrected chi connectivity index (χ3v) is 7.17. The molecule has 0 saturated carbocycles. The molecular formula is C26H44O5S. The van der Waals surface area contributed by atoms with E-state index in [0.717, 1.165) is 68.6 Å². The third kappa shape index (κ3) is 12.4. The van der Waals surface area contributed by atoms with E-state index < -0.39 is 0 Å². The summed E-state index contributed by atoms with van der Waals surface area (Å²) >= 11 is 1.62. The van der Waals surface area contributed by atoms with Crippen LogP contribution in [0.1, 0.15) is 110 Å². The van der Waals surface area contributed by atoms with Gasteiger partial charge in [0.1, 0.15) is 0 Å². The van der Waals surface area contributed by atoms with Gasteiger partial charge in [0.25, 0.3) is 0 Å². The number of carbonyl (C=O) groups excluding carboxylic acids is 2. The molecule has 1 aliphatic heterocycles. The van der Waals surface area contributed by atoms with Crippen LogP contribution in [0.25, 0.3) is 0 Å². The Hall–Kier alpha value is -0.850. The van der Waals surface area contributed by atoms with E-state index in [1.54, 1.807) is 11.8 Å². The van der Waals surface area contributed by atoms with Crippen molar-refractivity contribution in [1.82, 2.24) is 0 Å². The van der Waals surface area contributed by atoms with Crippen LogP contribution < -0.4 is 0 Å². The van der Waals surface area contributed by atoms with Crippen molar-refractivity contribution < 1.29 is 23.8 Å². The zero-order valence-corrected chi connectivity index (χ0v) is 20.9. The fourth-order valence-corrected chi connectivity index (χ4v) is 5.12. The van der Waals surface area contributed by atoms with Gasteiger partial charge in [-0.25, -0.2) is 0 Å². The van der Waals surface area contributed by atoms with Crippen LogP contribution in [0, 0.1) is 0 Å². The second-order valence-corrected chi connectivity index (χ2v) is 10.1. The minimum absolute atomic E-state index is 0.0702. The first-order valence-corrected chi connectivity index (χ1v) is 14.0. The molecule has 2 unspecified atom stereocenters. The van der Waals surface area contributed by atoms with Gasteiger partial charge in [0.05, 0.1) is 12.7 Å². The average molecular weight is 469 g/mol. The fourth-order valence-electron chi connectivity index (χ4n) is 4.06. The monoisotopic (exact) mass is 468 g/mol. The van der Waals surface area contributed by atoms with Crippen LogP contribution in [-0.4, -0.2) is 43.1 Å². The highest BCUT2D eigenvalue weighted by atomic mass is 32.2. The molecule has 2 atom stereocenters. The fraction of sp³-hybridized carbons (Fsp3) is 0.846. The highest BCUT2D eigenvalue weighted by Crippen LogP contribution is 2.30. The predicted molar refractivity (Wildman–Crippen MR) is 131 cm³/mol. The molecule has 0 spiro atoms. The van der Waals surface area contributed by atoms with E-state index >= 15 is 0 Å². The van der Waals surface area contributed by atoms with Gasteiger partial charge in [-0.3, -0.25) is 9.59 Å². The number of hydrogen-bond donors (Lipinski definition) is 0. The van der Waals surface area contributed by atoms with E-state index in [-0.39, 0.29) is 24.1 Å². The van der Waals surface area contributed by atoms with Crippen LogP contribution in [-0.2, 0) is 23.8 Å². The van der Waals surface area contributed by atoms with E-state index in [2.05, 4.69) is 6.92 Å². The van der Waals surface area contributed by atoms with Gasteiger partial charge in [0, 0.05) is 24.4 Å². The molecule has 0 N–H and O–H groups in total. The first-order chi connectivity index (χ1) is 15.7. The number of hydrogen-bond acceptors (Lipinski definition) is 6. The number of Topliss-reactive ketones (excluding diaryl/α,β-unsaturated/α-hetero) is 1. The van der Waals surface area contributed by atoms with Gasteiger partial charge in [-0.15, -0.1) is 11.8 Å². The molecule has 0 aromatic carbocycles. The van der Waals surface area contributed by atoms with Gasteiger partial charge in [-0.05, 0) is 50.4 Å². The molecule has 5 nitrogen and oxygen atoms in total. The Balaban J connectivity index is 1.40. The topological polar surface area (TPSA) is 61.8 Å². The maximum absolute atomic E-state index is 12.2. The van der Waals surface area contributed by atoms with Crippen LogP contribution in [0.5, 0.6) is 0 Å². The average Bonchev–Trinajstić information content (AvgIpc) is 3.14. The molecule has 1 fully saturated rings. The summed E-state index contributed by atoms with van der Waals surface area (Å²) in [4.78, 5) is 24.8. The molecule has 1 heterocycles. The van der Waals surface area contributed by atoms with Crippen molar-refractivity contribution >= 4 is 23.5 Å². The van der Waals surface area contributed by atoms with Crippen molar-refractivity contribution in [1.29, 1.82) is 0 Å². The second-order valence-electron chi connectivity index (χ2n) is 8.98. The lowest BCUT2D eigenvalue weighted by atomic mass is 10.1. The quantitative estimate of drug-likeness (QED) is 0.164. The lowest BCUT2D eigenvalue weighted by Gasteiger charge is -2.24. The molecule has 6 heteroatoms. The van der Waals surface area contributed by atoms with Crippen molar-refractivity contribution in [2.24, 2.45) is 0 Å². The zero-order chi connectivity index (χ0) is 22.9. The van der Waals surface area contributed by atoms with E-state index in [0.29, 0.717) is 19.4 Å². The Bertz CT molecular complexity index is 556. The number of carbonyl (C=O) groups is 2. The van der Waals surface area contributed by atoms with Crippen molar-refractivity contribution in [2.45, 2.75) is 122 Å². The number of unbranched alkanes of at least 4 members (excludes halogenated alkanes) is 9. The van der Waals surface area contributed by atoms with Crippen LogP contribution in [0.2, 0.25) is 0 Å². The number of esters is 1. The van der Waals surface area contributed by atoms with Gasteiger partial charge in [-0.1, -0.05) is 58.3 Å². The van der Waals surface area contributed by atoms with E-state index in [1.807, 2.05) is 6.08 Å². The molecule has 0 amide bonds. The smallest absolute Gasteiger partial charge is 0.305 e. The molecule has 1 saturated heterocycles. The number of thioether (sulfide) groups is 1. The molecule has 32 heavy (non-hydrogen) atoms. The highest BCUT2D eigenvalue weighted by Gasteiger charge is 2.28. The lowest BCUT2D eigenvalue weighted by Crippen LogP contribution is -2.26. The van der Waals surface area contributed by atoms with Crippen LogP contribution in [0.4, 0.5) is 0 Å². The molecule has 1 aliphatic carbocycles. The first-order valence-electron chi connectivity index (χ1n) is 13.0. The summed E-state index contributed by atoms with van der Waals surface area (Å²) in [6, 6.07) is 0. The number of rotatable bonds is 18. The molecule has 184 valence electrons. The maximum Gasteiger partial charge on any atom is 0.305 e. The molecule has 2 aliphatic rings. The normalized spacial score (nSPS) is 21.0. The summed E-state index contributed by atoms with van der Waals surface area (Å²) in [5, 5.41) is 0. The van der Waals surface area contributed by atoms with Crippen molar-refractivity contribution in [2.75, 3.05) is 19.0 Å². The van der Waals surface area contributed by atoms with Crippen molar-refractivity contribution in [3.8, 4) is 0 Å². The number of ketones is 1. The summed E-state index contributed by atoms with van der Waals surface area (Å²) < 4.78 is 16.9. The van der Waals surface area contributed by atoms with Crippen LogP contribution in [0.3, 0.4) is 0 Å². The lowest BCUT2D eigenvalue weighted by molar-refractivity contribution is -0.178. The number of ether oxygens (including phenoxy) is 3. The summed E-state index contributed by atoms with van der Waals surface area (Å²) in [6.45, 7) is 3.56. The first kappa shape index (κ1) is 27.4. The Labute approximate surface area is 199 Å². The molecule has 0 radical (unpaired) electrons. The molecule has 0 aromatic rings. The standard InChI is InChI=1S/C26H44O5S/c1-2-3-4-5-6-7-8-12-17-29-25(28)15-10-9-14-19-32-24-21-22(20-23(24)27)31-26-16-11-13-18-30-26/h21-22,26H,2-20H2,1H3. The molecular weight excluding hydrogens is 424 g/mol. The van der Waals surface area contributed by atoms with Gasteiger partial charge in [-0.2, -0.15) is 0 Å². The van der Waals surface area contributed by atoms with Gasteiger partial charge in [0.15, 0.2) is 12.1 Å². The maximum atomic E-state index is 12.2. The Morgan fingerprint density at radius 3 is 2.53 bits per heavy atom. The Morgan fingerprint density at radius 2 is 1.78 bits per heavy atom.